The van der Waals surface area contributed by atoms with Gasteiger partial charge in [0, 0.05) is 37.5 Å². The average Bonchev–Trinajstić information content (AvgIpc) is 2.70. The van der Waals surface area contributed by atoms with Crippen molar-refractivity contribution in [1.29, 1.82) is 0 Å². The molecule has 0 saturated heterocycles. The number of carbonyl (C=O) groups excluding carboxylic acids is 2. The van der Waals surface area contributed by atoms with Gasteiger partial charge >= 0.3 is 0 Å². The molecular weight excluding hydrogens is 350 g/mol. The number of allylic oxidation sites excluding steroid dienone is 1. The minimum atomic E-state index is 0.150. The third kappa shape index (κ3) is 8.15. The van der Waals surface area contributed by atoms with Crippen LogP contribution in [-0.4, -0.2) is 24.8 Å². The third-order valence-corrected chi connectivity index (χ3v) is 4.62. The van der Waals surface area contributed by atoms with Crippen LogP contribution in [0.5, 0.6) is 0 Å². The zero-order valence-electron chi connectivity index (χ0n) is 18.8. The summed E-state index contributed by atoms with van der Waals surface area (Å²) in [5.41, 5.74) is 9.92. The number of benzene rings is 1. The number of carbonyl (C=O) groups is 2. The topological polar surface area (TPSA) is 75.4 Å². The number of rotatable bonds is 5. The van der Waals surface area contributed by atoms with Crippen molar-refractivity contribution in [2.75, 3.05) is 18.0 Å². The molecule has 5 heteroatoms. The highest BCUT2D eigenvalue weighted by atomic mass is 16.2. The molecule has 5 nitrogen and oxygen atoms in total. The van der Waals surface area contributed by atoms with Crippen molar-refractivity contribution in [2.45, 2.75) is 73.6 Å². The summed E-state index contributed by atoms with van der Waals surface area (Å²) in [5.74, 6) is 0.915. The zero-order chi connectivity index (χ0) is 21.7. The van der Waals surface area contributed by atoms with Crippen LogP contribution in [0, 0.1) is 6.92 Å². The Morgan fingerprint density at radius 3 is 2.43 bits per heavy atom. The van der Waals surface area contributed by atoms with Crippen LogP contribution in [0.2, 0.25) is 0 Å². The minimum absolute atomic E-state index is 0.150. The Balaban J connectivity index is 0.000000502. The number of nitrogens with one attached hydrogen (secondary N) is 1. The number of Topliss-reactive ketones (excluding diaryl/α,β-unsaturated/α-hetero) is 1. The molecule has 1 aromatic carbocycles. The van der Waals surface area contributed by atoms with Gasteiger partial charge in [0.05, 0.1) is 6.54 Å². The van der Waals surface area contributed by atoms with Crippen molar-refractivity contribution >= 4 is 17.4 Å². The van der Waals surface area contributed by atoms with E-state index in [0.717, 1.165) is 30.8 Å². The van der Waals surface area contributed by atoms with Gasteiger partial charge in [-0.15, -0.1) is 0 Å². The van der Waals surface area contributed by atoms with Gasteiger partial charge in [-0.2, -0.15) is 0 Å². The van der Waals surface area contributed by atoms with Crippen molar-refractivity contribution in [1.82, 2.24) is 5.32 Å². The Kier molecular flexibility index (Phi) is 12.7. The molecular formula is C23H39N3O2. The third-order valence-electron chi connectivity index (χ3n) is 4.62. The van der Waals surface area contributed by atoms with E-state index in [-0.39, 0.29) is 11.7 Å². The number of para-hydroxylation sites is 1. The Labute approximate surface area is 171 Å². The maximum absolute atomic E-state index is 11.5. The highest BCUT2D eigenvalue weighted by Crippen LogP contribution is 2.37. The number of nitrogens with two attached hydrogens (primary N) is 1. The lowest BCUT2D eigenvalue weighted by molar-refractivity contribution is -0.118. The van der Waals surface area contributed by atoms with E-state index in [1.54, 1.807) is 13.1 Å². The van der Waals surface area contributed by atoms with Crippen LogP contribution in [-0.2, 0) is 9.59 Å². The van der Waals surface area contributed by atoms with Gasteiger partial charge in [0.2, 0.25) is 5.91 Å². The molecule has 0 aliphatic carbocycles. The van der Waals surface area contributed by atoms with Crippen LogP contribution in [0.4, 0.5) is 5.69 Å². The number of fused-ring (bicyclic) bond motifs is 1. The highest BCUT2D eigenvalue weighted by Gasteiger charge is 2.25. The van der Waals surface area contributed by atoms with E-state index in [2.05, 4.69) is 37.4 Å². The van der Waals surface area contributed by atoms with Gasteiger partial charge in [-0.25, -0.2) is 0 Å². The second-order valence-corrected chi connectivity index (χ2v) is 6.72. The van der Waals surface area contributed by atoms with Crippen LogP contribution in [0.25, 0.3) is 0 Å². The molecule has 0 aromatic heterocycles. The Hall–Kier alpha value is -2.30. The molecule has 0 spiro atoms. The molecule has 1 unspecified atom stereocenters. The summed E-state index contributed by atoms with van der Waals surface area (Å²) < 4.78 is 0. The Morgan fingerprint density at radius 1 is 1.25 bits per heavy atom. The van der Waals surface area contributed by atoms with Gasteiger partial charge in [-0.3, -0.25) is 9.59 Å². The fraction of sp³-hybridized carbons (Fsp3) is 0.565. The molecule has 0 bridgehead atoms. The summed E-state index contributed by atoms with van der Waals surface area (Å²) in [5, 5.41) is 2.85. The molecule has 0 radical (unpaired) electrons. The highest BCUT2D eigenvalue weighted by molar-refractivity contribution is 5.93. The van der Waals surface area contributed by atoms with E-state index < -0.39 is 0 Å². The van der Waals surface area contributed by atoms with E-state index in [9.17, 15) is 9.59 Å². The number of aryl methyl sites for hydroxylation is 1. The molecule has 1 amide bonds. The van der Waals surface area contributed by atoms with Crippen molar-refractivity contribution in [3.63, 3.8) is 0 Å². The zero-order valence-corrected chi connectivity index (χ0v) is 18.8. The molecule has 0 fully saturated rings. The van der Waals surface area contributed by atoms with Crippen LogP contribution >= 0.6 is 0 Å². The van der Waals surface area contributed by atoms with Gasteiger partial charge in [-0.1, -0.05) is 52.8 Å². The lowest BCUT2D eigenvalue weighted by atomic mass is 9.89. The second kappa shape index (κ2) is 13.8. The lowest BCUT2D eigenvalue weighted by Gasteiger charge is -2.33. The summed E-state index contributed by atoms with van der Waals surface area (Å²) in [6.07, 6.45) is 4.14. The SMILES string of the molecule is CC.CC(=O)N1CCC(C)c2cccc(C)c21.CCC(=O)CN/C=C(\N)CC. The number of hydrogen-bond donors (Lipinski definition) is 2. The molecule has 3 N–H and O–H groups in total. The summed E-state index contributed by atoms with van der Waals surface area (Å²) in [6.45, 7) is 15.0. The van der Waals surface area contributed by atoms with E-state index in [4.69, 9.17) is 5.73 Å². The van der Waals surface area contributed by atoms with Crippen LogP contribution in [0.3, 0.4) is 0 Å². The number of anilines is 1. The minimum Gasteiger partial charge on any atom is -0.401 e. The predicted molar refractivity (Wildman–Crippen MR) is 119 cm³/mol. The van der Waals surface area contributed by atoms with Gasteiger partial charge < -0.3 is 16.0 Å². The standard InChI is InChI=1S/C13H17NO.C8H16N2O.C2H6/c1-9-7-8-14(11(3)15)13-10(2)5-4-6-12(9)13;1-3-7(9)5-10-6-8(11)4-2;1-2/h4-6,9H,7-8H2,1-3H3;5,10H,3-4,6,9H2,1-2H3;1-2H3/b;7-5-;. The van der Waals surface area contributed by atoms with Crippen molar-refractivity contribution in [3.8, 4) is 0 Å². The van der Waals surface area contributed by atoms with Crippen LogP contribution in [0.15, 0.2) is 30.1 Å². The fourth-order valence-corrected chi connectivity index (χ4v) is 2.88. The molecule has 158 valence electrons. The number of amides is 1. The van der Waals surface area contributed by atoms with Crippen molar-refractivity contribution in [3.05, 3.63) is 41.2 Å². The number of nitrogens with zero attached hydrogens (tertiary/aromatic N) is 1. The summed E-state index contributed by atoms with van der Waals surface area (Å²) in [7, 11) is 0. The largest absolute Gasteiger partial charge is 0.401 e. The lowest BCUT2D eigenvalue weighted by Crippen LogP contribution is -2.35. The molecule has 2 rings (SSSR count). The molecule has 0 saturated carbocycles. The number of hydrogen-bond acceptors (Lipinski definition) is 4. The Bertz CT molecular complexity index is 653. The monoisotopic (exact) mass is 389 g/mol. The van der Waals surface area contributed by atoms with Crippen LogP contribution < -0.4 is 16.0 Å². The van der Waals surface area contributed by atoms with E-state index in [1.807, 2.05) is 32.6 Å². The first kappa shape index (κ1) is 25.7. The molecule has 1 heterocycles. The molecule has 1 aromatic rings. The second-order valence-electron chi connectivity index (χ2n) is 6.72. The van der Waals surface area contributed by atoms with Gasteiger partial charge in [-0.05, 0) is 36.8 Å². The number of ketones is 1. The first-order chi connectivity index (χ1) is 13.3. The fourth-order valence-electron chi connectivity index (χ4n) is 2.88. The van der Waals surface area contributed by atoms with Crippen molar-refractivity contribution in [2.24, 2.45) is 5.73 Å². The molecule has 1 aliphatic rings. The van der Waals surface area contributed by atoms with E-state index in [0.29, 0.717) is 18.9 Å². The van der Waals surface area contributed by atoms with Gasteiger partial charge in [0.1, 0.15) is 0 Å². The smallest absolute Gasteiger partial charge is 0.223 e. The van der Waals surface area contributed by atoms with Crippen molar-refractivity contribution < 1.29 is 9.59 Å². The maximum Gasteiger partial charge on any atom is 0.223 e. The van der Waals surface area contributed by atoms with Gasteiger partial charge in [0.25, 0.3) is 0 Å². The average molecular weight is 390 g/mol. The summed E-state index contributed by atoms with van der Waals surface area (Å²) >= 11 is 0. The predicted octanol–water partition coefficient (Wildman–Crippen LogP) is 4.65. The van der Waals surface area contributed by atoms with Crippen LogP contribution in [0.1, 0.15) is 77.8 Å². The quantitative estimate of drug-likeness (QED) is 0.769. The van der Waals surface area contributed by atoms with E-state index in [1.165, 1.54) is 11.1 Å². The molecule has 28 heavy (non-hydrogen) atoms. The normalized spacial score (nSPS) is 15.3. The summed E-state index contributed by atoms with van der Waals surface area (Å²) in [6, 6.07) is 6.29. The molecule has 1 aliphatic heterocycles. The van der Waals surface area contributed by atoms with Gasteiger partial charge in [0.15, 0.2) is 5.78 Å². The van der Waals surface area contributed by atoms with E-state index >= 15 is 0 Å². The maximum atomic E-state index is 11.5. The first-order valence-electron chi connectivity index (χ1n) is 10.4. The summed E-state index contributed by atoms with van der Waals surface area (Å²) in [4.78, 5) is 24.2. The molecule has 1 atom stereocenters. The first-order valence-corrected chi connectivity index (χ1v) is 10.4. The Morgan fingerprint density at radius 2 is 1.89 bits per heavy atom.